The summed E-state index contributed by atoms with van der Waals surface area (Å²) in [6.45, 7) is 9.96. The molecule has 6 heteroatoms. The predicted molar refractivity (Wildman–Crippen MR) is 126 cm³/mol. The van der Waals surface area contributed by atoms with Crippen LogP contribution in [-0.2, 0) is 0 Å². The van der Waals surface area contributed by atoms with Gasteiger partial charge >= 0.3 is 0 Å². The third-order valence-electron chi connectivity index (χ3n) is 6.27. The van der Waals surface area contributed by atoms with Crippen LogP contribution in [0, 0.1) is 20.8 Å². The van der Waals surface area contributed by atoms with Crippen LogP contribution in [0.5, 0.6) is 0 Å². The number of benzene rings is 1. The van der Waals surface area contributed by atoms with Crippen LogP contribution in [0.25, 0.3) is 5.69 Å². The number of rotatable bonds is 3. The number of hydrogen-bond donors (Lipinski definition) is 0. The van der Waals surface area contributed by atoms with E-state index >= 15 is 0 Å². The lowest BCUT2D eigenvalue weighted by molar-refractivity contribution is 0.319. The maximum absolute atomic E-state index is 6.14. The number of thioether (sulfide) groups is 1. The van der Waals surface area contributed by atoms with Crippen molar-refractivity contribution in [3.8, 4) is 5.69 Å². The molecule has 2 aliphatic rings. The number of halogens is 1. The number of pyridine rings is 1. The Morgan fingerprint density at radius 2 is 1.80 bits per heavy atom. The minimum atomic E-state index is 0.0130. The SMILES string of the molecule is Cc1c([C@H]2[C@@H](c3ccccn3)N=C3S[C@@H](C)CN32)c(C)n(-c2ccc(Cl)cc2)c1C. The molecule has 0 spiro atoms. The molecule has 0 N–H and O–H groups in total. The van der Waals surface area contributed by atoms with Crippen LogP contribution < -0.4 is 0 Å². The number of hydrogen-bond acceptors (Lipinski definition) is 4. The van der Waals surface area contributed by atoms with Crippen LogP contribution in [-0.4, -0.2) is 31.4 Å². The average Bonchev–Trinajstić information content (AvgIpc) is 3.33. The van der Waals surface area contributed by atoms with Gasteiger partial charge in [0, 0.05) is 45.7 Å². The Kier molecular flexibility index (Phi) is 4.91. The maximum atomic E-state index is 6.14. The summed E-state index contributed by atoms with van der Waals surface area (Å²) < 4.78 is 2.35. The molecule has 0 amide bonds. The van der Waals surface area contributed by atoms with Crippen molar-refractivity contribution >= 4 is 28.5 Å². The van der Waals surface area contributed by atoms with Crippen LogP contribution >= 0.6 is 23.4 Å². The van der Waals surface area contributed by atoms with Crippen molar-refractivity contribution in [1.82, 2.24) is 14.5 Å². The van der Waals surface area contributed by atoms with Gasteiger partial charge in [-0.05, 0) is 62.7 Å². The first-order valence-electron chi connectivity index (χ1n) is 10.3. The second-order valence-electron chi connectivity index (χ2n) is 8.16. The summed E-state index contributed by atoms with van der Waals surface area (Å²) in [5.41, 5.74) is 7.40. The van der Waals surface area contributed by atoms with E-state index in [0.717, 1.165) is 28.1 Å². The Labute approximate surface area is 187 Å². The van der Waals surface area contributed by atoms with E-state index in [4.69, 9.17) is 16.6 Å². The molecule has 1 saturated heterocycles. The first kappa shape index (κ1) is 19.7. The fraction of sp³-hybridized carbons (Fsp3) is 0.333. The molecule has 154 valence electrons. The van der Waals surface area contributed by atoms with Crippen molar-refractivity contribution in [2.45, 2.75) is 45.0 Å². The summed E-state index contributed by atoms with van der Waals surface area (Å²) in [6, 6.07) is 14.4. The molecule has 0 saturated carbocycles. The molecule has 2 aliphatic heterocycles. The Bertz CT molecular complexity index is 1120. The molecular formula is C24H25ClN4S. The van der Waals surface area contributed by atoms with Gasteiger partial charge in [-0.1, -0.05) is 36.4 Å². The Balaban J connectivity index is 1.66. The Morgan fingerprint density at radius 1 is 1.03 bits per heavy atom. The van der Waals surface area contributed by atoms with Gasteiger partial charge in [0.15, 0.2) is 5.17 Å². The van der Waals surface area contributed by atoms with Gasteiger partial charge < -0.3 is 9.47 Å². The summed E-state index contributed by atoms with van der Waals surface area (Å²) in [6.07, 6.45) is 1.87. The standard InChI is InChI=1S/C24H25ClN4S/c1-14-13-28-23(22(27-24(28)30-14)20-7-5-6-12-26-20)21-15(2)16(3)29(17(21)4)19-10-8-18(25)9-11-19/h5-12,14,22-23H,13H2,1-4H3/t14-,22+,23-/m0/s1. The van der Waals surface area contributed by atoms with Gasteiger partial charge in [-0.3, -0.25) is 9.98 Å². The molecule has 0 aliphatic carbocycles. The number of aromatic nitrogens is 2. The van der Waals surface area contributed by atoms with Gasteiger partial charge in [-0.25, -0.2) is 0 Å². The summed E-state index contributed by atoms with van der Waals surface area (Å²) in [5, 5.41) is 2.46. The van der Waals surface area contributed by atoms with E-state index in [1.54, 1.807) is 0 Å². The van der Waals surface area contributed by atoms with Crippen molar-refractivity contribution in [3.63, 3.8) is 0 Å². The van der Waals surface area contributed by atoms with Crippen LogP contribution in [0.4, 0.5) is 0 Å². The summed E-state index contributed by atoms with van der Waals surface area (Å²) in [7, 11) is 0. The van der Waals surface area contributed by atoms with Gasteiger partial charge in [-0.15, -0.1) is 0 Å². The monoisotopic (exact) mass is 436 g/mol. The smallest absolute Gasteiger partial charge is 0.160 e. The van der Waals surface area contributed by atoms with E-state index in [9.17, 15) is 0 Å². The second-order valence-corrected chi connectivity index (χ2v) is 10.0. The quantitative estimate of drug-likeness (QED) is 0.501. The number of fused-ring (bicyclic) bond motifs is 1. The number of amidine groups is 1. The molecule has 1 fully saturated rings. The highest BCUT2D eigenvalue weighted by molar-refractivity contribution is 8.14. The van der Waals surface area contributed by atoms with Gasteiger partial charge in [0.25, 0.3) is 0 Å². The van der Waals surface area contributed by atoms with E-state index < -0.39 is 0 Å². The molecule has 4 heterocycles. The molecule has 0 radical (unpaired) electrons. The minimum absolute atomic E-state index is 0.0130. The van der Waals surface area contributed by atoms with E-state index in [-0.39, 0.29) is 12.1 Å². The fourth-order valence-corrected chi connectivity index (χ4v) is 6.07. The van der Waals surface area contributed by atoms with Gasteiger partial charge in [-0.2, -0.15) is 0 Å². The summed E-state index contributed by atoms with van der Waals surface area (Å²) in [5.74, 6) is 0. The summed E-state index contributed by atoms with van der Waals surface area (Å²) >= 11 is 8.02. The lowest BCUT2D eigenvalue weighted by atomic mass is 9.93. The fourth-order valence-electron chi connectivity index (χ4n) is 4.85. The maximum Gasteiger partial charge on any atom is 0.160 e. The first-order chi connectivity index (χ1) is 14.5. The van der Waals surface area contributed by atoms with E-state index in [1.807, 2.05) is 36.2 Å². The van der Waals surface area contributed by atoms with E-state index in [2.05, 4.69) is 66.4 Å². The molecule has 30 heavy (non-hydrogen) atoms. The largest absolute Gasteiger partial charge is 0.341 e. The van der Waals surface area contributed by atoms with Crippen LogP contribution in [0.1, 0.15) is 47.2 Å². The van der Waals surface area contributed by atoms with E-state index in [0.29, 0.717) is 5.25 Å². The Hall–Kier alpha value is -2.24. The molecule has 0 unspecified atom stereocenters. The molecule has 5 rings (SSSR count). The van der Waals surface area contributed by atoms with Crippen molar-refractivity contribution in [3.05, 3.63) is 81.9 Å². The highest BCUT2D eigenvalue weighted by Crippen LogP contribution is 2.50. The van der Waals surface area contributed by atoms with Crippen molar-refractivity contribution in [2.75, 3.05) is 6.54 Å². The molecule has 0 bridgehead atoms. The molecule has 4 nitrogen and oxygen atoms in total. The number of aliphatic imine (C=N–C) groups is 1. The normalized spacial score (nSPS) is 23.0. The lowest BCUT2D eigenvalue weighted by Gasteiger charge is -2.28. The topological polar surface area (TPSA) is 33.4 Å². The first-order valence-corrected chi connectivity index (χ1v) is 11.6. The second kappa shape index (κ2) is 7.47. The van der Waals surface area contributed by atoms with Crippen LogP contribution in [0.3, 0.4) is 0 Å². The molecule has 3 atom stereocenters. The highest BCUT2D eigenvalue weighted by Gasteiger charge is 2.45. The van der Waals surface area contributed by atoms with Gasteiger partial charge in [0.2, 0.25) is 0 Å². The predicted octanol–water partition coefficient (Wildman–Crippen LogP) is 6.04. The zero-order valence-corrected chi connectivity index (χ0v) is 19.2. The zero-order chi connectivity index (χ0) is 21.0. The zero-order valence-electron chi connectivity index (χ0n) is 17.6. The van der Waals surface area contributed by atoms with Gasteiger partial charge in [0.05, 0.1) is 11.7 Å². The van der Waals surface area contributed by atoms with Crippen molar-refractivity contribution in [1.29, 1.82) is 0 Å². The number of nitrogens with zero attached hydrogens (tertiary/aromatic N) is 4. The summed E-state index contributed by atoms with van der Waals surface area (Å²) in [4.78, 5) is 12.3. The molecule has 2 aromatic heterocycles. The van der Waals surface area contributed by atoms with Crippen LogP contribution in [0.15, 0.2) is 53.7 Å². The van der Waals surface area contributed by atoms with Gasteiger partial charge in [0.1, 0.15) is 6.04 Å². The van der Waals surface area contributed by atoms with Crippen LogP contribution in [0.2, 0.25) is 5.02 Å². The molecular weight excluding hydrogens is 412 g/mol. The molecule has 3 aromatic rings. The lowest BCUT2D eigenvalue weighted by Crippen LogP contribution is -2.29. The van der Waals surface area contributed by atoms with Crippen molar-refractivity contribution in [2.24, 2.45) is 4.99 Å². The Morgan fingerprint density at radius 3 is 2.50 bits per heavy atom. The third kappa shape index (κ3) is 3.07. The highest BCUT2D eigenvalue weighted by atomic mass is 35.5. The average molecular weight is 437 g/mol. The molecule has 1 aromatic carbocycles. The minimum Gasteiger partial charge on any atom is -0.341 e. The van der Waals surface area contributed by atoms with Crippen molar-refractivity contribution < 1.29 is 0 Å². The van der Waals surface area contributed by atoms with E-state index in [1.165, 1.54) is 22.5 Å². The third-order valence-corrected chi connectivity index (χ3v) is 7.62.